The molecule has 1 aromatic rings. The van der Waals surface area contributed by atoms with E-state index in [2.05, 4.69) is 0 Å². The van der Waals surface area contributed by atoms with Crippen molar-refractivity contribution < 1.29 is 34.8 Å². The summed E-state index contributed by atoms with van der Waals surface area (Å²) in [5.74, 6) is -3.61. The van der Waals surface area contributed by atoms with Crippen LogP contribution in [0.25, 0.3) is 0 Å². The van der Waals surface area contributed by atoms with Crippen molar-refractivity contribution in [3.63, 3.8) is 0 Å². The Morgan fingerprint density at radius 1 is 1.00 bits per heavy atom. The van der Waals surface area contributed by atoms with Crippen LogP contribution in [-0.4, -0.2) is 44.4 Å². The van der Waals surface area contributed by atoms with Gasteiger partial charge < -0.3 is 20.4 Å². The number of aliphatic hydroxyl groups excluding tert-OH is 1. The molecule has 0 fully saturated rings. The summed E-state index contributed by atoms with van der Waals surface area (Å²) in [7, 11) is 0. The molecule has 0 aromatic heterocycles. The molecule has 0 heterocycles. The van der Waals surface area contributed by atoms with Gasteiger partial charge in [-0.2, -0.15) is 0 Å². The third kappa shape index (κ3) is 5.64. The van der Waals surface area contributed by atoms with Crippen LogP contribution in [0.15, 0.2) is 24.3 Å². The summed E-state index contributed by atoms with van der Waals surface area (Å²) in [4.78, 5) is 30.6. The second-order valence-electron chi connectivity index (χ2n) is 3.42. The van der Waals surface area contributed by atoms with Gasteiger partial charge >= 0.3 is 17.9 Å². The van der Waals surface area contributed by atoms with Crippen LogP contribution in [0.3, 0.4) is 0 Å². The van der Waals surface area contributed by atoms with Gasteiger partial charge in [0.05, 0.1) is 11.1 Å². The maximum atomic E-state index is 10.5. The van der Waals surface area contributed by atoms with Crippen LogP contribution in [0.5, 0.6) is 0 Å². The van der Waals surface area contributed by atoms with Crippen molar-refractivity contribution in [1.29, 1.82) is 0 Å². The Morgan fingerprint density at radius 2 is 1.37 bits per heavy atom. The van der Waals surface area contributed by atoms with Crippen molar-refractivity contribution in [3.05, 3.63) is 35.4 Å². The number of carboxylic acid groups (broad SMARTS) is 3. The summed E-state index contributed by atoms with van der Waals surface area (Å²) in [6.07, 6.45) is -0.907. The van der Waals surface area contributed by atoms with Crippen molar-refractivity contribution in [2.24, 2.45) is 0 Å². The minimum atomic E-state index is -1.23. The lowest BCUT2D eigenvalue weighted by Crippen LogP contribution is -2.17. The van der Waals surface area contributed by atoms with Crippen molar-refractivity contribution in [2.75, 3.05) is 0 Å². The molecule has 0 saturated carbocycles. The molecule has 1 atom stereocenters. The summed E-state index contributed by atoms with van der Waals surface area (Å²) in [6, 6.07) is 5.48. The molecule has 104 valence electrons. The number of hydrogen-bond acceptors (Lipinski definition) is 4. The number of benzene rings is 1. The zero-order valence-electron chi connectivity index (χ0n) is 10.1. The molecule has 0 aliphatic carbocycles. The van der Waals surface area contributed by atoms with Crippen molar-refractivity contribution in [1.82, 2.24) is 0 Å². The first-order valence-corrected chi connectivity index (χ1v) is 5.27. The first kappa shape index (κ1) is 16.6. The van der Waals surface area contributed by atoms with Crippen LogP contribution >= 0.6 is 0 Å². The molecule has 1 rings (SSSR count). The Bertz CT molecular complexity index is 434. The lowest BCUT2D eigenvalue weighted by molar-refractivity contribution is -0.146. The standard InChI is InChI=1S/C8H6O4.C4H8O3/c9-7(10)5-3-1-2-4-6(5)8(11)12;1-2-3(5)4(6)7/h1-4H,(H,9,10)(H,11,12);3,5H,2H2,1H3,(H,6,7). The van der Waals surface area contributed by atoms with E-state index < -0.39 is 24.0 Å². The molecule has 1 unspecified atom stereocenters. The Labute approximate surface area is 108 Å². The third-order valence-electron chi connectivity index (χ3n) is 2.06. The van der Waals surface area contributed by atoms with Crippen LogP contribution in [0.2, 0.25) is 0 Å². The van der Waals surface area contributed by atoms with Crippen molar-refractivity contribution >= 4 is 17.9 Å². The van der Waals surface area contributed by atoms with E-state index in [1.807, 2.05) is 0 Å². The normalized spacial score (nSPS) is 10.8. The minimum Gasteiger partial charge on any atom is -0.479 e. The maximum absolute atomic E-state index is 10.5. The Hall–Kier alpha value is -2.41. The molecule has 0 aliphatic heterocycles. The molecular weight excluding hydrogens is 256 g/mol. The number of carboxylic acids is 3. The van der Waals surface area contributed by atoms with E-state index in [-0.39, 0.29) is 17.5 Å². The van der Waals surface area contributed by atoms with Gasteiger partial charge in [0.2, 0.25) is 0 Å². The highest BCUT2D eigenvalue weighted by molar-refractivity contribution is 6.01. The van der Waals surface area contributed by atoms with Crippen LogP contribution in [-0.2, 0) is 4.79 Å². The second kappa shape index (κ2) is 7.83. The molecule has 0 amide bonds. The lowest BCUT2D eigenvalue weighted by atomic mass is 10.1. The molecule has 0 saturated heterocycles. The number of aromatic carboxylic acids is 2. The average molecular weight is 270 g/mol. The van der Waals surface area contributed by atoms with Gasteiger partial charge in [0.1, 0.15) is 0 Å². The van der Waals surface area contributed by atoms with Gasteiger partial charge in [-0.1, -0.05) is 19.1 Å². The van der Waals surface area contributed by atoms with E-state index in [0.29, 0.717) is 0 Å². The zero-order valence-corrected chi connectivity index (χ0v) is 10.1. The zero-order chi connectivity index (χ0) is 15.0. The van der Waals surface area contributed by atoms with E-state index >= 15 is 0 Å². The first-order valence-electron chi connectivity index (χ1n) is 5.27. The average Bonchev–Trinajstić information content (AvgIpc) is 2.38. The molecular formula is C12H14O7. The molecule has 0 radical (unpaired) electrons. The molecule has 1 aromatic carbocycles. The van der Waals surface area contributed by atoms with Gasteiger partial charge in [-0.15, -0.1) is 0 Å². The van der Waals surface area contributed by atoms with E-state index in [9.17, 15) is 14.4 Å². The summed E-state index contributed by atoms with van der Waals surface area (Å²) in [5, 5.41) is 33.4. The van der Waals surface area contributed by atoms with Gasteiger partial charge in [-0.3, -0.25) is 0 Å². The lowest BCUT2D eigenvalue weighted by Gasteiger charge is -1.98. The summed E-state index contributed by atoms with van der Waals surface area (Å²) in [5.41, 5.74) is -0.380. The van der Waals surface area contributed by atoms with E-state index in [0.717, 1.165) is 0 Å². The van der Waals surface area contributed by atoms with E-state index in [1.165, 1.54) is 24.3 Å². The van der Waals surface area contributed by atoms with E-state index in [1.54, 1.807) is 6.92 Å². The SMILES string of the molecule is CCC(O)C(=O)O.O=C(O)c1ccccc1C(=O)O. The Kier molecular flexibility index (Phi) is 6.83. The predicted octanol–water partition coefficient (Wildman–Crippen LogP) is 0.925. The molecule has 4 N–H and O–H groups in total. The highest BCUT2D eigenvalue weighted by atomic mass is 16.4. The van der Waals surface area contributed by atoms with Crippen molar-refractivity contribution in [3.8, 4) is 0 Å². The van der Waals surface area contributed by atoms with Gasteiger partial charge in [-0.05, 0) is 18.6 Å². The number of aliphatic carboxylic acids is 1. The number of aliphatic hydroxyl groups is 1. The topological polar surface area (TPSA) is 132 Å². The molecule has 7 nitrogen and oxygen atoms in total. The van der Waals surface area contributed by atoms with E-state index in [4.69, 9.17) is 20.4 Å². The van der Waals surface area contributed by atoms with Gasteiger partial charge in [-0.25, -0.2) is 14.4 Å². The van der Waals surface area contributed by atoms with Crippen LogP contribution in [0, 0.1) is 0 Å². The minimum absolute atomic E-state index is 0.190. The fraction of sp³-hybridized carbons (Fsp3) is 0.250. The van der Waals surface area contributed by atoms with Gasteiger partial charge in [0.25, 0.3) is 0 Å². The summed E-state index contributed by atoms with van der Waals surface area (Å²) in [6.45, 7) is 1.61. The predicted molar refractivity (Wildman–Crippen MR) is 64.3 cm³/mol. The number of carbonyl (C=O) groups is 3. The Morgan fingerprint density at radius 3 is 1.53 bits per heavy atom. The summed E-state index contributed by atoms with van der Waals surface area (Å²) >= 11 is 0. The fourth-order valence-electron chi connectivity index (χ4n) is 1.03. The highest BCUT2D eigenvalue weighted by Gasteiger charge is 2.13. The number of rotatable bonds is 4. The summed E-state index contributed by atoms with van der Waals surface area (Å²) < 4.78 is 0. The molecule has 0 aliphatic rings. The fourth-order valence-corrected chi connectivity index (χ4v) is 1.03. The smallest absolute Gasteiger partial charge is 0.336 e. The maximum Gasteiger partial charge on any atom is 0.336 e. The van der Waals surface area contributed by atoms with Crippen LogP contribution in [0.4, 0.5) is 0 Å². The van der Waals surface area contributed by atoms with Gasteiger partial charge in [0.15, 0.2) is 6.10 Å². The Balaban J connectivity index is 0.000000399. The number of hydrogen-bond donors (Lipinski definition) is 4. The molecule has 7 heteroatoms. The molecule has 19 heavy (non-hydrogen) atoms. The quantitative estimate of drug-likeness (QED) is 0.639. The first-order chi connectivity index (χ1) is 8.81. The highest BCUT2D eigenvalue weighted by Crippen LogP contribution is 2.07. The second-order valence-corrected chi connectivity index (χ2v) is 3.42. The monoisotopic (exact) mass is 270 g/mol. The van der Waals surface area contributed by atoms with Gasteiger partial charge in [0, 0.05) is 0 Å². The van der Waals surface area contributed by atoms with Crippen LogP contribution in [0.1, 0.15) is 34.1 Å². The molecule has 0 spiro atoms. The van der Waals surface area contributed by atoms with Crippen LogP contribution < -0.4 is 0 Å². The largest absolute Gasteiger partial charge is 0.479 e. The third-order valence-corrected chi connectivity index (χ3v) is 2.06. The van der Waals surface area contributed by atoms with Crippen molar-refractivity contribution in [2.45, 2.75) is 19.4 Å². The molecule has 0 bridgehead atoms.